The highest BCUT2D eigenvalue weighted by molar-refractivity contribution is 7.89. The fraction of sp³-hybridized carbons (Fsp3) is 1.00. The average molecular weight is 304 g/mol. The van der Waals surface area contributed by atoms with Crippen LogP contribution < -0.4 is 10.0 Å². The zero-order chi connectivity index (χ0) is 14.3. The summed E-state index contributed by atoms with van der Waals surface area (Å²) in [6, 6.07) is 0. The Morgan fingerprint density at radius 1 is 0.950 bits per heavy atom. The first-order chi connectivity index (χ1) is 9.66. The van der Waals surface area contributed by atoms with Gasteiger partial charge in [-0.1, -0.05) is 0 Å². The van der Waals surface area contributed by atoms with Gasteiger partial charge in [-0.05, 0) is 38.9 Å². The van der Waals surface area contributed by atoms with Crippen LogP contribution in [0.1, 0.15) is 19.3 Å². The summed E-state index contributed by atoms with van der Waals surface area (Å²) in [5.41, 5.74) is 0. The number of rotatable bonds is 8. The SMILES string of the molecule is O=S(=O)(CCN1CCNCC1)NCCCN1CCCC1. The smallest absolute Gasteiger partial charge is 0.212 e. The van der Waals surface area contributed by atoms with E-state index in [1.54, 1.807) is 0 Å². The van der Waals surface area contributed by atoms with E-state index in [-0.39, 0.29) is 5.75 Å². The molecule has 0 unspecified atom stereocenters. The second kappa shape index (κ2) is 8.29. The summed E-state index contributed by atoms with van der Waals surface area (Å²) in [6.45, 7) is 8.40. The Bertz CT molecular complexity index is 363. The summed E-state index contributed by atoms with van der Waals surface area (Å²) in [7, 11) is -3.11. The van der Waals surface area contributed by atoms with Crippen molar-refractivity contribution >= 4 is 10.0 Å². The van der Waals surface area contributed by atoms with Gasteiger partial charge in [-0.3, -0.25) is 4.90 Å². The molecule has 20 heavy (non-hydrogen) atoms. The maximum absolute atomic E-state index is 11.9. The fourth-order valence-electron chi connectivity index (χ4n) is 2.79. The minimum Gasteiger partial charge on any atom is -0.314 e. The van der Waals surface area contributed by atoms with Gasteiger partial charge >= 0.3 is 0 Å². The zero-order valence-corrected chi connectivity index (χ0v) is 13.1. The second-order valence-electron chi connectivity index (χ2n) is 5.71. The Morgan fingerprint density at radius 2 is 1.60 bits per heavy atom. The highest BCUT2D eigenvalue weighted by Gasteiger charge is 2.15. The van der Waals surface area contributed by atoms with Crippen molar-refractivity contribution in [1.29, 1.82) is 0 Å². The standard InChI is InChI=1S/C13H28N4O2S/c18-20(19,13-12-17-10-5-14-6-11-17)15-4-3-9-16-7-1-2-8-16/h14-15H,1-13H2. The van der Waals surface area contributed by atoms with E-state index in [0.29, 0.717) is 13.1 Å². The van der Waals surface area contributed by atoms with Crippen LogP contribution in [0, 0.1) is 0 Å². The van der Waals surface area contributed by atoms with Crippen LogP contribution in [0.25, 0.3) is 0 Å². The van der Waals surface area contributed by atoms with Crippen LogP contribution in [-0.2, 0) is 10.0 Å². The van der Waals surface area contributed by atoms with Gasteiger partial charge in [0.15, 0.2) is 0 Å². The summed E-state index contributed by atoms with van der Waals surface area (Å²) in [4.78, 5) is 4.62. The van der Waals surface area contributed by atoms with Crippen LogP contribution in [0.3, 0.4) is 0 Å². The van der Waals surface area contributed by atoms with E-state index in [0.717, 1.165) is 39.1 Å². The van der Waals surface area contributed by atoms with Crippen LogP contribution >= 0.6 is 0 Å². The molecule has 0 aromatic rings. The van der Waals surface area contributed by atoms with Crippen molar-refractivity contribution in [2.75, 3.05) is 64.7 Å². The van der Waals surface area contributed by atoms with E-state index in [9.17, 15) is 8.42 Å². The van der Waals surface area contributed by atoms with E-state index in [1.807, 2.05) is 0 Å². The third-order valence-electron chi connectivity index (χ3n) is 4.06. The number of hydrogen-bond acceptors (Lipinski definition) is 5. The molecule has 0 radical (unpaired) electrons. The predicted octanol–water partition coefficient (Wildman–Crippen LogP) is -0.703. The largest absolute Gasteiger partial charge is 0.314 e. The highest BCUT2D eigenvalue weighted by Crippen LogP contribution is 2.07. The van der Waals surface area contributed by atoms with Crippen LogP contribution in [0.15, 0.2) is 0 Å². The molecule has 2 heterocycles. The lowest BCUT2D eigenvalue weighted by Gasteiger charge is -2.26. The first-order valence-electron chi connectivity index (χ1n) is 7.78. The summed E-state index contributed by atoms with van der Waals surface area (Å²) in [5.74, 6) is 0.219. The third-order valence-corrected chi connectivity index (χ3v) is 5.42. The lowest BCUT2D eigenvalue weighted by atomic mass is 10.4. The molecule has 7 heteroatoms. The van der Waals surface area contributed by atoms with E-state index in [2.05, 4.69) is 19.8 Å². The predicted molar refractivity (Wildman–Crippen MR) is 81.4 cm³/mol. The van der Waals surface area contributed by atoms with E-state index in [4.69, 9.17) is 0 Å². The molecule has 0 bridgehead atoms. The normalized spacial score (nSPS) is 22.4. The zero-order valence-electron chi connectivity index (χ0n) is 12.3. The minimum absolute atomic E-state index is 0.219. The van der Waals surface area contributed by atoms with Gasteiger partial charge < -0.3 is 10.2 Å². The summed E-state index contributed by atoms with van der Waals surface area (Å²) < 4.78 is 26.5. The minimum atomic E-state index is -3.11. The molecule has 0 aromatic heterocycles. The van der Waals surface area contributed by atoms with Crippen LogP contribution in [-0.4, -0.2) is 82.9 Å². The van der Waals surface area contributed by atoms with Crippen molar-refractivity contribution < 1.29 is 8.42 Å². The number of nitrogens with one attached hydrogen (secondary N) is 2. The Balaban J connectivity index is 1.55. The Hall–Kier alpha value is -0.210. The maximum Gasteiger partial charge on any atom is 0.212 e. The molecule has 0 aromatic carbocycles. The van der Waals surface area contributed by atoms with Crippen molar-refractivity contribution in [1.82, 2.24) is 19.8 Å². The molecule has 0 saturated carbocycles. The van der Waals surface area contributed by atoms with Crippen LogP contribution in [0.5, 0.6) is 0 Å². The summed E-state index contributed by atoms with van der Waals surface area (Å²) >= 11 is 0. The molecule has 2 aliphatic heterocycles. The van der Waals surface area contributed by atoms with Crippen LogP contribution in [0.4, 0.5) is 0 Å². The highest BCUT2D eigenvalue weighted by atomic mass is 32.2. The van der Waals surface area contributed by atoms with Gasteiger partial charge in [0.2, 0.25) is 10.0 Å². The summed E-state index contributed by atoms with van der Waals surface area (Å²) in [5, 5.41) is 3.27. The second-order valence-corrected chi connectivity index (χ2v) is 7.63. The molecular formula is C13H28N4O2S. The van der Waals surface area contributed by atoms with Crippen molar-refractivity contribution in [3.63, 3.8) is 0 Å². The topological polar surface area (TPSA) is 64.7 Å². The number of hydrogen-bond donors (Lipinski definition) is 2. The molecule has 0 amide bonds. The monoisotopic (exact) mass is 304 g/mol. The van der Waals surface area contributed by atoms with Gasteiger partial charge in [0.25, 0.3) is 0 Å². The molecular weight excluding hydrogens is 276 g/mol. The first kappa shape index (κ1) is 16.2. The van der Waals surface area contributed by atoms with E-state index >= 15 is 0 Å². The van der Waals surface area contributed by atoms with E-state index < -0.39 is 10.0 Å². The quantitative estimate of drug-likeness (QED) is 0.581. The van der Waals surface area contributed by atoms with E-state index in [1.165, 1.54) is 25.9 Å². The number of piperazine rings is 1. The average Bonchev–Trinajstić information content (AvgIpc) is 2.96. The number of likely N-dealkylation sites (tertiary alicyclic amines) is 1. The molecule has 2 saturated heterocycles. The summed E-state index contributed by atoms with van der Waals surface area (Å²) in [6.07, 6.45) is 3.49. The lowest BCUT2D eigenvalue weighted by Crippen LogP contribution is -2.46. The van der Waals surface area contributed by atoms with Crippen LogP contribution in [0.2, 0.25) is 0 Å². The molecule has 6 nitrogen and oxygen atoms in total. The Kier molecular flexibility index (Phi) is 6.70. The lowest BCUT2D eigenvalue weighted by molar-refractivity contribution is 0.253. The van der Waals surface area contributed by atoms with Gasteiger partial charge in [-0.2, -0.15) is 0 Å². The van der Waals surface area contributed by atoms with Crippen molar-refractivity contribution in [3.05, 3.63) is 0 Å². The molecule has 0 atom stereocenters. The number of nitrogens with zero attached hydrogens (tertiary/aromatic N) is 2. The Morgan fingerprint density at radius 3 is 2.30 bits per heavy atom. The first-order valence-corrected chi connectivity index (χ1v) is 9.44. The van der Waals surface area contributed by atoms with Gasteiger partial charge in [0.05, 0.1) is 5.75 Å². The van der Waals surface area contributed by atoms with Gasteiger partial charge in [0, 0.05) is 39.3 Å². The Labute approximate surface area is 122 Å². The van der Waals surface area contributed by atoms with Gasteiger partial charge in [-0.25, -0.2) is 13.1 Å². The number of sulfonamides is 1. The molecule has 2 fully saturated rings. The van der Waals surface area contributed by atoms with Crippen molar-refractivity contribution in [2.45, 2.75) is 19.3 Å². The fourth-order valence-corrected chi connectivity index (χ4v) is 3.89. The van der Waals surface area contributed by atoms with Gasteiger partial charge in [0.1, 0.15) is 0 Å². The molecule has 2 aliphatic rings. The molecule has 0 aliphatic carbocycles. The molecule has 118 valence electrons. The third kappa shape index (κ3) is 6.05. The van der Waals surface area contributed by atoms with Crippen molar-refractivity contribution in [3.8, 4) is 0 Å². The van der Waals surface area contributed by atoms with Gasteiger partial charge in [-0.15, -0.1) is 0 Å². The van der Waals surface area contributed by atoms with Crippen molar-refractivity contribution in [2.24, 2.45) is 0 Å². The molecule has 2 N–H and O–H groups in total. The molecule has 0 spiro atoms. The molecule has 2 rings (SSSR count). The maximum atomic E-state index is 11.9.